The minimum atomic E-state index is 0.984. The molecule has 0 aliphatic rings. The zero-order valence-corrected chi connectivity index (χ0v) is 36.3. The molecule has 0 amide bonds. The smallest absolute Gasteiger partial charge is 0.114 e. The number of rotatable bonds is 18. The summed E-state index contributed by atoms with van der Waals surface area (Å²) in [6.45, 7) is 13.5. The van der Waals surface area contributed by atoms with E-state index in [1.807, 2.05) is 22.7 Å². The first-order chi connectivity index (χ1) is 28.1. The van der Waals surface area contributed by atoms with Crippen LogP contribution in [0.25, 0.3) is 74.3 Å². The van der Waals surface area contributed by atoms with Gasteiger partial charge < -0.3 is 9.80 Å². The molecule has 0 saturated heterocycles. The van der Waals surface area contributed by atoms with E-state index < -0.39 is 0 Å². The molecule has 3 heterocycles. The van der Waals surface area contributed by atoms with E-state index in [1.54, 1.807) is 0 Å². The fraction of sp³-hybridized carbons (Fsp3) is 0.320. The molecule has 4 nitrogen and oxygen atoms in total. The minimum Gasteiger partial charge on any atom is -0.371 e. The van der Waals surface area contributed by atoms with Gasteiger partial charge in [-0.3, -0.25) is 0 Å². The lowest BCUT2D eigenvalue weighted by Crippen LogP contribution is -2.25. The molecule has 0 bridgehead atoms. The van der Waals surface area contributed by atoms with Crippen LogP contribution in [0, 0.1) is 0 Å². The summed E-state index contributed by atoms with van der Waals surface area (Å²) < 4.78 is 9.80. The maximum atomic E-state index is 4.90. The van der Waals surface area contributed by atoms with Crippen LogP contribution in [-0.4, -0.2) is 34.9 Å². The third-order valence-corrected chi connectivity index (χ3v) is 14.1. The van der Waals surface area contributed by atoms with Crippen LogP contribution < -0.4 is 9.80 Å². The highest BCUT2D eigenvalue weighted by molar-refractivity contribution is 7.19. The Balaban J connectivity index is 1.10. The van der Waals surface area contributed by atoms with Gasteiger partial charge in [-0.1, -0.05) is 126 Å². The highest BCUT2D eigenvalue weighted by Gasteiger charge is 2.20. The van der Waals surface area contributed by atoms with E-state index in [-0.39, 0.29) is 0 Å². The van der Waals surface area contributed by atoms with Crippen LogP contribution in [0.2, 0.25) is 0 Å². The number of benzene rings is 5. The van der Waals surface area contributed by atoms with Gasteiger partial charge in [0.05, 0.1) is 11.7 Å². The first-order valence-corrected chi connectivity index (χ1v) is 23.5. The average Bonchev–Trinajstić information content (AvgIpc) is 4.06. The summed E-state index contributed by atoms with van der Waals surface area (Å²) >= 11 is 5.02. The average molecular weight is 807 g/mol. The fourth-order valence-corrected chi connectivity index (χ4v) is 10.9. The second-order valence-electron chi connectivity index (χ2n) is 15.2. The van der Waals surface area contributed by atoms with Crippen molar-refractivity contribution in [3.63, 3.8) is 0 Å². The molecular formula is C50H54N4S3. The molecule has 8 aromatic rings. The molecule has 8 rings (SSSR count). The van der Waals surface area contributed by atoms with Crippen molar-refractivity contribution >= 4 is 78.4 Å². The van der Waals surface area contributed by atoms with Crippen LogP contribution in [0.1, 0.15) is 79.1 Å². The highest BCUT2D eigenvalue weighted by Crippen LogP contribution is 2.45. The third kappa shape index (κ3) is 8.12. The SMILES string of the molecule is CCCCN(CCCC)c1ccc(-c2ccc(-c3ccc(-c4ccc(-c5ccc(N(CCCC)CCCC)c6ccccc56)s4)c4nsnc34)s2)c2ccccc12. The van der Waals surface area contributed by atoms with Crippen molar-refractivity contribution in [2.75, 3.05) is 36.0 Å². The van der Waals surface area contributed by atoms with E-state index in [4.69, 9.17) is 8.75 Å². The van der Waals surface area contributed by atoms with Gasteiger partial charge in [0.15, 0.2) is 0 Å². The van der Waals surface area contributed by atoms with Crippen molar-refractivity contribution in [2.24, 2.45) is 0 Å². The van der Waals surface area contributed by atoms with Crippen LogP contribution in [0.3, 0.4) is 0 Å². The normalized spacial score (nSPS) is 11.6. The highest BCUT2D eigenvalue weighted by atomic mass is 32.1. The van der Waals surface area contributed by atoms with Gasteiger partial charge in [0.25, 0.3) is 0 Å². The topological polar surface area (TPSA) is 32.3 Å². The molecule has 0 fully saturated rings. The Morgan fingerprint density at radius 1 is 0.386 bits per heavy atom. The van der Waals surface area contributed by atoms with Gasteiger partial charge in [-0.25, -0.2) is 0 Å². The third-order valence-electron chi connectivity index (χ3n) is 11.3. The second kappa shape index (κ2) is 18.4. The Kier molecular flexibility index (Phi) is 12.6. The predicted molar refractivity (Wildman–Crippen MR) is 254 cm³/mol. The number of thiophene rings is 2. The van der Waals surface area contributed by atoms with Gasteiger partial charge in [-0.2, -0.15) is 8.75 Å². The Morgan fingerprint density at radius 2 is 0.719 bits per heavy atom. The maximum Gasteiger partial charge on any atom is 0.114 e. The summed E-state index contributed by atoms with van der Waals surface area (Å²) in [7, 11) is 0. The van der Waals surface area contributed by atoms with Crippen molar-refractivity contribution in [2.45, 2.75) is 79.1 Å². The summed E-state index contributed by atoms with van der Waals surface area (Å²) in [5.41, 5.74) is 9.58. The summed E-state index contributed by atoms with van der Waals surface area (Å²) in [6, 6.07) is 41.0. The molecule has 0 radical (unpaired) electrons. The lowest BCUT2D eigenvalue weighted by molar-refractivity contribution is 0.679. The molecule has 0 saturated carbocycles. The molecule has 0 aliphatic carbocycles. The van der Waals surface area contributed by atoms with Crippen LogP contribution in [0.15, 0.2) is 109 Å². The summed E-state index contributed by atoms with van der Waals surface area (Å²) in [5.74, 6) is 0. The zero-order valence-electron chi connectivity index (χ0n) is 33.9. The molecule has 0 unspecified atom stereocenters. The van der Waals surface area contributed by atoms with Gasteiger partial charge in [0, 0.05) is 79.0 Å². The van der Waals surface area contributed by atoms with Crippen molar-refractivity contribution in [3.05, 3.63) is 109 Å². The van der Waals surface area contributed by atoms with Gasteiger partial charge in [-0.15, -0.1) is 22.7 Å². The molecule has 0 aliphatic heterocycles. The lowest BCUT2D eigenvalue weighted by atomic mass is 10.0. The Morgan fingerprint density at radius 3 is 1.09 bits per heavy atom. The van der Waals surface area contributed by atoms with Gasteiger partial charge in [-0.05, 0) is 84.0 Å². The molecular weight excluding hydrogens is 753 g/mol. The quantitative estimate of drug-likeness (QED) is 0.0864. The van der Waals surface area contributed by atoms with E-state index in [1.165, 1.54) is 127 Å². The number of anilines is 2. The molecule has 0 spiro atoms. The number of unbranched alkanes of at least 4 members (excludes halogenated alkanes) is 4. The molecule has 57 heavy (non-hydrogen) atoms. The van der Waals surface area contributed by atoms with E-state index in [0.29, 0.717) is 0 Å². The van der Waals surface area contributed by atoms with Crippen molar-refractivity contribution in [3.8, 4) is 41.8 Å². The predicted octanol–water partition coefficient (Wildman–Crippen LogP) is 15.6. The maximum absolute atomic E-state index is 4.90. The van der Waals surface area contributed by atoms with Gasteiger partial charge >= 0.3 is 0 Å². The lowest BCUT2D eigenvalue weighted by Gasteiger charge is -2.27. The largest absolute Gasteiger partial charge is 0.371 e. The molecule has 0 atom stereocenters. The molecule has 7 heteroatoms. The number of fused-ring (bicyclic) bond motifs is 3. The number of nitrogens with zero attached hydrogens (tertiary/aromatic N) is 4. The Hall–Kier alpha value is -4.56. The van der Waals surface area contributed by atoms with Crippen molar-refractivity contribution in [1.29, 1.82) is 0 Å². The Labute approximate surface area is 351 Å². The van der Waals surface area contributed by atoms with Crippen molar-refractivity contribution in [1.82, 2.24) is 8.75 Å². The zero-order chi connectivity index (χ0) is 39.1. The number of aromatic nitrogens is 2. The van der Waals surface area contributed by atoms with Crippen LogP contribution >= 0.6 is 34.4 Å². The number of hydrogen-bond acceptors (Lipinski definition) is 7. The van der Waals surface area contributed by atoms with Crippen LogP contribution in [0.5, 0.6) is 0 Å². The van der Waals surface area contributed by atoms with E-state index in [9.17, 15) is 0 Å². The molecule has 0 N–H and O–H groups in total. The minimum absolute atomic E-state index is 0.984. The number of hydrogen-bond donors (Lipinski definition) is 0. The van der Waals surface area contributed by atoms with E-state index in [0.717, 1.165) is 48.3 Å². The Bertz CT molecular complexity index is 2390. The second-order valence-corrected chi connectivity index (χ2v) is 17.9. The molecule has 5 aromatic carbocycles. The van der Waals surface area contributed by atoms with E-state index >= 15 is 0 Å². The fourth-order valence-electron chi connectivity index (χ4n) is 8.17. The van der Waals surface area contributed by atoms with Gasteiger partial charge in [0.1, 0.15) is 11.0 Å². The molecule has 292 valence electrons. The summed E-state index contributed by atoms with van der Waals surface area (Å²) in [5, 5.41) is 5.32. The first-order valence-electron chi connectivity index (χ1n) is 21.1. The van der Waals surface area contributed by atoms with Gasteiger partial charge in [0.2, 0.25) is 0 Å². The van der Waals surface area contributed by atoms with Crippen molar-refractivity contribution < 1.29 is 0 Å². The summed E-state index contributed by atoms with van der Waals surface area (Å²) in [6.07, 6.45) is 9.67. The van der Waals surface area contributed by atoms with Crippen LogP contribution in [-0.2, 0) is 0 Å². The van der Waals surface area contributed by atoms with E-state index in [2.05, 4.69) is 147 Å². The standard InChI is InChI=1S/C50H54N4S3/c1-5-9-31-53(32-10-6-2)43-25-23-39(35-17-13-15-19-37(35)43)45-27-29-47(55-45)41-21-22-42(50-49(41)51-57-52-50)48-30-28-46(56-48)40-24-26-44(38-20-16-14-18-36(38)40)54(33-11-7-3)34-12-8-4/h13-30H,5-12,31-34H2,1-4H3. The monoisotopic (exact) mass is 806 g/mol. The molecule has 3 aromatic heterocycles. The summed E-state index contributed by atoms with van der Waals surface area (Å²) in [4.78, 5) is 10.2. The van der Waals surface area contributed by atoms with Crippen LogP contribution in [0.4, 0.5) is 11.4 Å². The first kappa shape index (κ1) is 39.3.